The Bertz CT molecular complexity index is 181. The minimum Gasteiger partial charge on any atom is -0.275 e. The van der Waals surface area contributed by atoms with Crippen molar-refractivity contribution in [3.05, 3.63) is 0 Å². The van der Waals surface area contributed by atoms with E-state index in [1.807, 2.05) is 5.01 Å². The third-order valence-electron chi connectivity index (χ3n) is 2.72. The zero-order valence-electron chi connectivity index (χ0n) is 7.46. The predicted octanol–water partition coefficient (Wildman–Crippen LogP) is 1.01. The molecule has 3 nitrogen and oxygen atoms in total. The van der Waals surface area contributed by atoms with Crippen LogP contribution in [0, 0.1) is 0 Å². The molecular weight excluding hydrogens is 152 g/mol. The van der Waals surface area contributed by atoms with E-state index in [4.69, 9.17) is 0 Å². The van der Waals surface area contributed by atoms with E-state index in [1.165, 1.54) is 19.3 Å². The van der Waals surface area contributed by atoms with Crippen molar-refractivity contribution in [3.63, 3.8) is 0 Å². The summed E-state index contributed by atoms with van der Waals surface area (Å²) >= 11 is 0. The molecule has 0 aromatic rings. The summed E-state index contributed by atoms with van der Waals surface area (Å²) in [6, 6.07) is 0. The van der Waals surface area contributed by atoms with Crippen LogP contribution in [0.5, 0.6) is 0 Å². The molecule has 2 heterocycles. The molecule has 2 saturated heterocycles. The van der Waals surface area contributed by atoms with Crippen LogP contribution in [0.25, 0.3) is 0 Å². The van der Waals surface area contributed by atoms with E-state index in [2.05, 4.69) is 5.01 Å². The van der Waals surface area contributed by atoms with Crippen LogP contribution >= 0.6 is 0 Å². The van der Waals surface area contributed by atoms with Gasteiger partial charge >= 0.3 is 0 Å². The van der Waals surface area contributed by atoms with Gasteiger partial charge in [-0.25, -0.2) is 5.01 Å². The fourth-order valence-electron chi connectivity index (χ4n) is 2.03. The van der Waals surface area contributed by atoms with Crippen LogP contribution in [0.1, 0.15) is 32.1 Å². The molecule has 2 aliphatic heterocycles. The monoisotopic (exact) mass is 168 g/mol. The van der Waals surface area contributed by atoms with Gasteiger partial charge in [-0.15, -0.1) is 0 Å². The number of fused-ring (bicyclic) bond motifs is 1. The first-order valence-corrected chi connectivity index (χ1v) is 4.93. The van der Waals surface area contributed by atoms with Crippen molar-refractivity contribution in [1.82, 2.24) is 10.0 Å². The molecule has 0 atom stereocenters. The molecule has 0 aromatic heterocycles. The molecule has 0 radical (unpaired) electrons. The maximum absolute atomic E-state index is 11.5. The molecule has 0 aromatic carbocycles. The fraction of sp³-hybridized carbons (Fsp3) is 0.889. The number of nitrogens with zero attached hydrogens (tertiary/aromatic N) is 2. The Kier molecular flexibility index (Phi) is 2.30. The second-order valence-electron chi connectivity index (χ2n) is 3.63. The Morgan fingerprint density at radius 3 is 2.42 bits per heavy atom. The summed E-state index contributed by atoms with van der Waals surface area (Å²) in [5.41, 5.74) is 0. The van der Waals surface area contributed by atoms with E-state index in [0.717, 1.165) is 32.5 Å². The third kappa shape index (κ3) is 1.46. The zero-order valence-corrected chi connectivity index (χ0v) is 7.46. The molecule has 68 valence electrons. The summed E-state index contributed by atoms with van der Waals surface area (Å²) in [7, 11) is 0. The molecule has 0 unspecified atom stereocenters. The average molecular weight is 168 g/mol. The maximum atomic E-state index is 11.5. The molecule has 1 amide bonds. The van der Waals surface area contributed by atoms with Crippen LogP contribution in [0.15, 0.2) is 0 Å². The van der Waals surface area contributed by atoms with E-state index in [0.29, 0.717) is 5.91 Å². The number of rotatable bonds is 0. The standard InChI is InChI=1S/C9H16N2O/c12-9-5-1-2-6-10-7-3-4-8-11(9)10/h1-8H2. The summed E-state index contributed by atoms with van der Waals surface area (Å²) in [6.07, 6.45) is 5.45. The smallest absolute Gasteiger partial charge is 0.236 e. The highest BCUT2D eigenvalue weighted by molar-refractivity contribution is 5.75. The largest absolute Gasteiger partial charge is 0.275 e. The van der Waals surface area contributed by atoms with Crippen molar-refractivity contribution in [2.75, 3.05) is 19.6 Å². The van der Waals surface area contributed by atoms with E-state index >= 15 is 0 Å². The van der Waals surface area contributed by atoms with Crippen molar-refractivity contribution in [2.24, 2.45) is 0 Å². The molecule has 12 heavy (non-hydrogen) atoms. The maximum Gasteiger partial charge on any atom is 0.236 e. The van der Waals surface area contributed by atoms with Crippen molar-refractivity contribution >= 4 is 5.91 Å². The average Bonchev–Trinajstić information content (AvgIpc) is 2.29. The minimum absolute atomic E-state index is 0.340. The third-order valence-corrected chi connectivity index (χ3v) is 2.72. The van der Waals surface area contributed by atoms with Gasteiger partial charge in [0.15, 0.2) is 0 Å². The number of amides is 1. The molecule has 2 rings (SSSR count). The first kappa shape index (κ1) is 8.05. The van der Waals surface area contributed by atoms with E-state index < -0.39 is 0 Å². The van der Waals surface area contributed by atoms with Gasteiger partial charge in [0, 0.05) is 26.1 Å². The number of hydrogen-bond acceptors (Lipinski definition) is 2. The normalized spacial score (nSPS) is 26.7. The van der Waals surface area contributed by atoms with Gasteiger partial charge in [0.2, 0.25) is 5.91 Å². The molecule has 2 fully saturated rings. The molecule has 3 heteroatoms. The summed E-state index contributed by atoms with van der Waals surface area (Å²) in [5, 5.41) is 4.20. The Labute approximate surface area is 73.3 Å². The van der Waals surface area contributed by atoms with Crippen LogP contribution in [-0.2, 0) is 4.79 Å². The van der Waals surface area contributed by atoms with Gasteiger partial charge in [-0.1, -0.05) is 0 Å². The first-order valence-electron chi connectivity index (χ1n) is 4.93. The van der Waals surface area contributed by atoms with Gasteiger partial charge in [-0.2, -0.15) is 0 Å². The van der Waals surface area contributed by atoms with Crippen molar-refractivity contribution < 1.29 is 4.79 Å². The second-order valence-corrected chi connectivity index (χ2v) is 3.63. The van der Waals surface area contributed by atoms with Crippen molar-refractivity contribution in [3.8, 4) is 0 Å². The summed E-state index contributed by atoms with van der Waals surface area (Å²) in [5.74, 6) is 0.340. The second kappa shape index (κ2) is 3.44. The lowest BCUT2D eigenvalue weighted by Gasteiger charge is -2.37. The quantitative estimate of drug-likeness (QED) is 0.539. The van der Waals surface area contributed by atoms with Crippen LogP contribution in [0.3, 0.4) is 0 Å². The summed E-state index contributed by atoms with van der Waals surface area (Å²) < 4.78 is 0. The molecule has 0 saturated carbocycles. The van der Waals surface area contributed by atoms with Gasteiger partial charge in [0.1, 0.15) is 0 Å². The van der Waals surface area contributed by atoms with Crippen LogP contribution in [-0.4, -0.2) is 35.6 Å². The topological polar surface area (TPSA) is 23.6 Å². The van der Waals surface area contributed by atoms with Crippen molar-refractivity contribution in [2.45, 2.75) is 32.1 Å². The van der Waals surface area contributed by atoms with Crippen LogP contribution < -0.4 is 0 Å². The molecule has 0 bridgehead atoms. The lowest BCUT2D eigenvalue weighted by atomic mass is 10.2. The summed E-state index contributed by atoms with van der Waals surface area (Å²) in [6.45, 7) is 3.14. The SMILES string of the molecule is O=C1CCCCN2CCCCN12. The highest BCUT2D eigenvalue weighted by Gasteiger charge is 2.25. The highest BCUT2D eigenvalue weighted by Crippen LogP contribution is 2.17. The van der Waals surface area contributed by atoms with Gasteiger partial charge < -0.3 is 0 Å². The van der Waals surface area contributed by atoms with Gasteiger partial charge in [-0.3, -0.25) is 9.80 Å². The van der Waals surface area contributed by atoms with Gasteiger partial charge in [0.25, 0.3) is 0 Å². The van der Waals surface area contributed by atoms with Crippen LogP contribution in [0.4, 0.5) is 0 Å². The van der Waals surface area contributed by atoms with Gasteiger partial charge in [-0.05, 0) is 25.7 Å². The fourth-order valence-corrected chi connectivity index (χ4v) is 2.03. The molecule has 0 spiro atoms. The number of carbonyl (C=O) groups is 1. The molecule has 0 aliphatic carbocycles. The van der Waals surface area contributed by atoms with E-state index in [-0.39, 0.29) is 0 Å². The van der Waals surface area contributed by atoms with Gasteiger partial charge in [0.05, 0.1) is 0 Å². The zero-order chi connectivity index (χ0) is 8.39. The Morgan fingerprint density at radius 2 is 1.58 bits per heavy atom. The first-order chi connectivity index (χ1) is 5.88. The summed E-state index contributed by atoms with van der Waals surface area (Å²) in [4.78, 5) is 11.5. The molecular formula is C9H16N2O. The number of carbonyl (C=O) groups excluding carboxylic acids is 1. The lowest BCUT2D eigenvalue weighted by molar-refractivity contribution is -0.150. The predicted molar refractivity (Wildman–Crippen MR) is 46.4 cm³/mol. The van der Waals surface area contributed by atoms with Crippen molar-refractivity contribution in [1.29, 1.82) is 0 Å². The molecule has 2 aliphatic rings. The number of hydrogen-bond donors (Lipinski definition) is 0. The number of hydrazine groups is 1. The minimum atomic E-state index is 0.340. The lowest BCUT2D eigenvalue weighted by Crippen LogP contribution is -2.49. The molecule has 0 N–H and O–H groups in total. The van der Waals surface area contributed by atoms with Crippen LogP contribution in [0.2, 0.25) is 0 Å². The van der Waals surface area contributed by atoms with E-state index in [9.17, 15) is 4.79 Å². The Hall–Kier alpha value is -0.570. The highest BCUT2D eigenvalue weighted by atomic mass is 16.2. The van der Waals surface area contributed by atoms with E-state index in [1.54, 1.807) is 0 Å². The Balaban J connectivity index is 2.06. The Morgan fingerprint density at radius 1 is 0.917 bits per heavy atom.